The van der Waals surface area contributed by atoms with Gasteiger partial charge in [-0.15, -0.1) is 0 Å². The Hall–Kier alpha value is -2.08. The van der Waals surface area contributed by atoms with Gasteiger partial charge in [-0.1, -0.05) is 22.0 Å². The molecule has 2 rings (SSSR count). The van der Waals surface area contributed by atoms with Crippen molar-refractivity contribution in [3.63, 3.8) is 0 Å². The molecule has 0 fully saturated rings. The Bertz CT molecular complexity index is 649. The molecule has 0 spiro atoms. The second kappa shape index (κ2) is 7.08. The summed E-state index contributed by atoms with van der Waals surface area (Å²) in [7, 11) is 0. The lowest BCUT2D eigenvalue weighted by atomic mass is 10.2. The molecule has 6 heteroatoms. The summed E-state index contributed by atoms with van der Waals surface area (Å²) in [5, 5.41) is 2.59. The summed E-state index contributed by atoms with van der Waals surface area (Å²) in [6.45, 7) is 0.538. The quantitative estimate of drug-likeness (QED) is 0.642. The average Bonchev–Trinajstić information content (AvgIpc) is 2.43. The first-order valence-corrected chi connectivity index (χ1v) is 7.07. The average molecular weight is 353 g/mol. The SMILES string of the molecule is Nc1cccc(OCCNC(=O)c2ccc(Br)cc2F)c1. The van der Waals surface area contributed by atoms with Crippen LogP contribution in [-0.2, 0) is 0 Å². The fourth-order valence-corrected chi connectivity index (χ4v) is 2.04. The molecule has 0 bridgehead atoms. The van der Waals surface area contributed by atoms with Gasteiger partial charge in [0.15, 0.2) is 0 Å². The maximum absolute atomic E-state index is 13.6. The standard InChI is InChI=1S/C15H14BrFN2O2/c16-10-4-5-13(14(17)8-10)15(20)19-6-7-21-12-3-1-2-11(18)9-12/h1-5,8-9H,6-7,18H2,(H,19,20). The van der Waals surface area contributed by atoms with Crippen LogP contribution in [-0.4, -0.2) is 19.1 Å². The predicted octanol–water partition coefficient (Wildman–Crippen LogP) is 2.98. The number of hydrogen-bond donors (Lipinski definition) is 2. The van der Waals surface area contributed by atoms with Gasteiger partial charge < -0.3 is 15.8 Å². The molecule has 0 atom stereocenters. The first-order valence-electron chi connectivity index (χ1n) is 6.28. The highest BCUT2D eigenvalue weighted by atomic mass is 79.9. The van der Waals surface area contributed by atoms with Crippen LogP contribution in [0.2, 0.25) is 0 Å². The third-order valence-corrected chi connectivity index (χ3v) is 3.18. The molecule has 1 amide bonds. The van der Waals surface area contributed by atoms with E-state index in [1.54, 1.807) is 30.3 Å². The van der Waals surface area contributed by atoms with Gasteiger partial charge in [-0.3, -0.25) is 4.79 Å². The fourth-order valence-electron chi connectivity index (χ4n) is 1.71. The number of anilines is 1. The van der Waals surface area contributed by atoms with Crippen molar-refractivity contribution >= 4 is 27.5 Å². The van der Waals surface area contributed by atoms with Crippen molar-refractivity contribution in [2.24, 2.45) is 0 Å². The molecule has 2 aromatic rings. The molecule has 2 aromatic carbocycles. The number of hydrogen-bond acceptors (Lipinski definition) is 3. The monoisotopic (exact) mass is 352 g/mol. The molecule has 21 heavy (non-hydrogen) atoms. The number of ether oxygens (including phenoxy) is 1. The lowest BCUT2D eigenvalue weighted by molar-refractivity contribution is 0.0943. The number of nitrogen functional groups attached to an aromatic ring is 1. The first kappa shape index (κ1) is 15.3. The van der Waals surface area contributed by atoms with E-state index in [1.165, 1.54) is 12.1 Å². The van der Waals surface area contributed by atoms with Gasteiger partial charge in [0.25, 0.3) is 5.91 Å². The van der Waals surface area contributed by atoms with E-state index in [1.807, 2.05) is 0 Å². The van der Waals surface area contributed by atoms with Crippen LogP contribution in [0, 0.1) is 5.82 Å². The van der Waals surface area contributed by atoms with Gasteiger partial charge in [0, 0.05) is 16.2 Å². The lowest BCUT2D eigenvalue weighted by Gasteiger charge is -2.09. The number of carbonyl (C=O) groups excluding carboxylic acids is 1. The van der Waals surface area contributed by atoms with Crippen LogP contribution in [0.1, 0.15) is 10.4 Å². The Morgan fingerprint density at radius 2 is 2.10 bits per heavy atom. The molecular formula is C15H14BrFN2O2. The molecular weight excluding hydrogens is 339 g/mol. The summed E-state index contributed by atoms with van der Waals surface area (Å²) in [5.74, 6) is -0.422. The second-order valence-electron chi connectivity index (χ2n) is 4.30. The number of nitrogens with two attached hydrogens (primary N) is 1. The van der Waals surface area contributed by atoms with E-state index in [-0.39, 0.29) is 18.7 Å². The van der Waals surface area contributed by atoms with E-state index in [4.69, 9.17) is 10.5 Å². The molecule has 0 saturated carbocycles. The van der Waals surface area contributed by atoms with Gasteiger partial charge in [-0.2, -0.15) is 0 Å². The van der Waals surface area contributed by atoms with E-state index in [2.05, 4.69) is 21.2 Å². The number of carbonyl (C=O) groups is 1. The van der Waals surface area contributed by atoms with Crippen molar-refractivity contribution in [3.8, 4) is 5.75 Å². The van der Waals surface area contributed by atoms with E-state index in [0.29, 0.717) is 15.9 Å². The Morgan fingerprint density at radius 1 is 1.29 bits per heavy atom. The van der Waals surface area contributed by atoms with Crippen molar-refractivity contribution in [1.82, 2.24) is 5.32 Å². The number of amides is 1. The zero-order valence-corrected chi connectivity index (χ0v) is 12.7. The molecule has 0 aromatic heterocycles. The van der Waals surface area contributed by atoms with Crippen LogP contribution < -0.4 is 15.8 Å². The van der Waals surface area contributed by atoms with Crippen LogP contribution >= 0.6 is 15.9 Å². The first-order chi connectivity index (χ1) is 10.1. The van der Waals surface area contributed by atoms with E-state index in [0.717, 1.165) is 0 Å². The van der Waals surface area contributed by atoms with Crippen LogP contribution in [0.25, 0.3) is 0 Å². The Labute approximate surface area is 130 Å². The minimum atomic E-state index is -0.571. The lowest BCUT2D eigenvalue weighted by Crippen LogP contribution is -2.28. The van der Waals surface area contributed by atoms with Gasteiger partial charge in [0.1, 0.15) is 18.2 Å². The van der Waals surface area contributed by atoms with Crippen molar-refractivity contribution in [2.75, 3.05) is 18.9 Å². The van der Waals surface area contributed by atoms with Gasteiger partial charge in [-0.25, -0.2) is 4.39 Å². The molecule has 110 valence electrons. The van der Waals surface area contributed by atoms with Crippen LogP contribution in [0.4, 0.5) is 10.1 Å². The molecule has 3 N–H and O–H groups in total. The zero-order valence-electron chi connectivity index (χ0n) is 11.1. The number of halogens is 2. The third kappa shape index (κ3) is 4.46. The fraction of sp³-hybridized carbons (Fsp3) is 0.133. The highest BCUT2D eigenvalue weighted by molar-refractivity contribution is 9.10. The highest BCUT2D eigenvalue weighted by Crippen LogP contribution is 2.15. The van der Waals surface area contributed by atoms with E-state index >= 15 is 0 Å². The number of benzene rings is 2. The molecule has 0 aliphatic carbocycles. The van der Waals surface area contributed by atoms with Crippen molar-refractivity contribution in [1.29, 1.82) is 0 Å². The van der Waals surface area contributed by atoms with Crippen LogP contribution in [0.5, 0.6) is 5.75 Å². The summed E-state index contributed by atoms with van der Waals surface area (Å²) in [4.78, 5) is 11.8. The molecule has 0 radical (unpaired) electrons. The summed E-state index contributed by atoms with van der Waals surface area (Å²) < 4.78 is 19.6. The van der Waals surface area contributed by atoms with Crippen LogP contribution in [0.15, 0.2) is 46.9 Å². The third-order valence-electron chi connectivity index (χ3n) is 2.69. The Balaban J connectivity index is 1.82. The van der Waals surface area contributed by atoms with Gasteiger partial charge in [0.2, 0.25) is 0 Å². The second-order valence-corrected chi connectivity index (χ2v) is 5.22. The molecule has 0 saturated heterocycles. The minimum Gasteiger partial charge on any atom is -0.492 e. The molecule has 0 unspecified atom stereocenters. The summed E-state index contributed by atoms with van der Waals surface area (Å²) in [6, 6.07) is 11.3. The van der Waals surface area contributed by atoms with Crippen molar-refractivity contribution in [2.45, 2.75) is 0 Å². The largest absolute Gasteiger partial charge is 0.492 e. The number of rotatable bonds is 5. The molecule has 0 aliphatic heterocycles. The van der Waals surface area contributed by atoms with E-state index in [9.17, 15) is 9.18 Å². The molecule has 4 nitrogen and oxygen atoms in total. The molecule has 0 heterocycles. The van der Waals surface area contributed by atoms with E-state index < -0.39 is 11.7 Å². The Morgan fingerprint density at radius 3 is 2.81 bits per heavy atom. The van der Waals surface area contributed by atoms with Gasteiger partial charge >= 0.3 is 0 Å². The van der Waals surface area contributed by atoms with Gasteiger partial charge in [0.05, 0.1) is 12.1 Å². The summed E-state index contributed by atoms with van der Waals surface area (Å²) in [6.07, 6.45) is 0. The maximum Gasteiger partial charge on any atom is 0.254 e. The topological polar surface area (TPSA) is 64.3 Å². The normalized spacial score (nSPS) is 10.2. The predicted molar refractivity (Wildman–Crippen MR) is 82.8 cm³/mol. The summed E-state index contributed by atoms with van der Waals surface area (Å²) in [5.41, 5.74) is 6.23. The smallest absolute Gasteiger partial charge is 0.254 e. The summed E-state index contributed by atoms with van der Waals surface area (Å²) >= 11 is 3.14. The highest BCUT2D eigenvalue weighted by Gasteiger charge is 2.11. The maximum atomic E-state index is 13.6. The van der Waals surface area contributed by atoms with Crippen molar-refractivity contribution in [3.05, 3.63) is 58.3 Å². The van der Waals surface area contributed by atoms with Crippen LogP contribution in [0.3, 0.4) is 0 Å². The number of nitrogens with one attached hydrogen (secondary N) is 1. The molecule has 0 aliphatic rings. The van der Waals surface area contributed by atoms with Crippen molar-refractivity contribution < 1.29 is 13.9 Å². The minimum absolute atomic E-state index is 0.00200. The van der Waals surface area contributed by atoms with Gasteiger partial charge in [-0.05, 0) is 30.3 Å². The Kier molecular flexibility index (Phi) is 5.16. The zero-order chi connectivity index (χ0) is 15.2.